The van der Waals surface area contributed by atoms with E-state index in [4.69, 9.17) is 0 Å². The van der Waals surface area contributed by atoms with Gasteiger partial charge < -0.3 is 0 Å². The Hall–Kier alpha value is -1.72. The van der Waals surface area contributed by atoms with Gasteiger partial charge in [-0.2, -0.15) is 9.97 Å². The largest absolute Gasteiger partial charge is 0.277 e. The van der Waals surface area contributed by atoms with E-state index in [2.05, 4.69) is 25.8 Å². The first-order valence-corrected chi connectivity index (χ1v) is 3.37. The third-order valence-electron chi connectivity index (χ3n) is 1.10. The second-order valence-corrected chi connectivity index (χ2v) is 2.14. The maximum absolute atomic E-state index is 9.90. The Morgan fingerprint density at radius 3 is 2.25 bits per heavy atom. The summed E-state index contributed by atoms with van der Waals surface area (Å²) in [5, 5.41) is 0. The lowest BCUT2D eigenvalue weighted by Gasteiger charge is -2.02. The number of hydrogen-bond donors (Lipinski definition) is 2. The first-order chi connectivity index (χ1) is 5.72. The predicted molar refractivity (Wildman–Crippen MR) is 42.1 cm³/mol. The van der Waals surface area contributed by atoms with Crippen molar-refractivity contribution in [2.24, 2.45) is 0 Å². The molecule has 1 heterocycles. The molecule has 12 heavy (non-hydrogen) atoms. The van der Waals surface area contributed by atoms with Gasteiger partial charge in [0.05, 0.1) is 0 Å². The van der Waals surface area contributed by atoms with Crippen molar-refractivity contribution in [1.82, 2.24) is 20.4 Å². The van der Waals surface area contributed by atoms with Crippen LogP contribution in [0.15, 0.2) is 0 Å². The molecule has 0 spiro atoms. The summed E-state index contributed by atoms with van der Waals surface area (Å²) >= 11 is 0. The number of nitrogens with one attached hydrogen (secondary N) is 2. The summed E-state index contributed by atoms with van der Waals surface area (Å²) in [7, 11) is 0. The molecule has 1 aromatic heterocycles. The fraction of sp³-hybridized carbons (Fsp3) is 0.333. The summed E-state index contributed by atoms with van der Waals surface area (Å²) in [6.07, 6.45) is 0.508. The molecule has 0 aromatic carbocycles. The highest BCUT2D eigenvalue weighted by Crippen LogP contribution is 1.96. The molecular formula is C6H9N5O. The molecule has 0 aliphatic heterocycles. The number of carbonyl (C=O) groups is 1. The third-order valence-corrected chi connectivity index (χ3v) is 1.10. The zero-order valence-corrected chi connectivity index (χ0v) is 6.83. The van der Waals surface area contributed by atoms with Crippen LogP contribution >= 0.6 is 0 Å². The Morgan fingerprint density at radius 2 is 1.75 bits per heavy atom. The molecule has 2 N–H and O–H groups in total. The fourth-order valence-electron chi connectivity index (χ4n) is 0.766. The first kappa shape index (κ1) is 8.38. The van der Waals surface area contributed by atoms with Gasteiger partial charge in [0, 0.05) is 0 Å². The van der Waals surface area contributed by atoms with Gasteiger partial charge in [-0.3, -0.25) is 15.6 Å². The Bertz CT molecular complexity index is 267. The smallest absolute Gasteiger partial charge is 0.245 e. The molecule has 0 saturated heterocycles. The Kier molecular flexibility index (Phi) is 2.52. The van der Waals surface area contributed by atoms with E-state index in [1.54, 1.807) is 13.8 Å². The number of hydrazine groups is 1. The van der Waals surface area contributed by atoms with E-state index in [1.807, 2.05) is 0 Å². The van der Waals surface area contributed by atoms with Gasteiger partial charge in [-0.1, -0.05) is 0 Å². The standard InChI is InChI=1S/C6H9N5O/c1-4-8-5(2)10-6(9-4)11-7-3-12/h3H,1-2H3,(H,7,12)(H,8,9,10,11). The summed E-state index contributed by atoms with van der Waals surface area (Å²) in [4.78, 5) is 21.7. The summed E-state index contributed by atoms with van der Waals surface area (Å²) in [5.74, 6) is 1.56. The van der Waals surface area contributed by atoms with Crippen LogP contribution in [0, 0.1) is 13.8 Å². The predicted octanol–water partition coefficient (Wildman–Crippen LogP) is -0.439. The maximum Gasteiger partial charge on any atom is 0.245 e. The van der Waals surface area contributed by atoms with Gasteiger partial charge in [0.1, 0.15) is 11.6 Å². The molecule has 0 radical (unpaired) electrons. The molecule has 1 amide bonds. The Morgan fingerprint density at radius 1 is 1.17 bits per heavy atom. The van der Waals surface area contributed by atoms with Crippen molar-refractivity contribution in [1.29, 1.82) is 0 Å². The molecule has 1 rings (SSSR count). The monoisotopic (exact) mass is 167 g/mol. The fourth-order valence-corrected chi connectivity index (χ4v) is 0.766. The molecule has 6 nitrogen and oxygen atoms in total. The SMILES string of the molecule is Cc1nc(C)nc(NNC=O)n1. The number of nitrogens with zero attached hydrogens (tertiary/aromatic N) is 3. The molecule has 0 aliphatic carbocycles. The number of carbonyl (C=O) groups excluding carboxylic acids is 1. The third kappa shape index (κ3) is 2.15. The van der Waals surface area contributed by atoms with E-state index >= 15 is 0 Å². The maximum atomic E-state index is 9.90. The van der Waals surface area contributed by atoms with E-state index in [9.17, 15) is 4.79 Å². The van der Waals surface area contributed by atoms with Crippen LogP contribution in [0.25, 0.3) is 0 Å². The van der Waals surface area contributed by atoms with Crippen LogP contribution in [0.3, 0.4) is 0 Å². The lowest BCUT2D eigenvalue weighted by atomic mass is 10.6. The number of hydrogen-bond acceptors (Lipinski definition) is 5. The summed E-state index contributed by atoms with van der Waals surface area (Å²) in [5.41, 5.74) is 4.73. The Labute approximate surface area is 69.4 Å². The highest BCUT2D eigenvalue weighted by molar-refractivity contribution is 5.49. The van der Waals surface area contributed by atoms with Crippen LogP contribution < -0.4 is 10.9 Å². The van der Waals surface area contributed by atoms with Crippen LogP contribution in [-0.2, 0) is 4.79 Å². The van der Waals surface area contributed by atoms with Crippen molar-refractivity contribution >= 4 is 12.4 Å². The number of aryl methyl sites for hydroxylation is 2. The van der Waals surface area contributed by atoms with E-state index < -0.39 is 0 Å². The topological polar surface area (TPSA) is 79.8 Å². The molecule has 0 saturated carbocycles. The summed E-state index contributed by atoms with van der Waals surface area (Å²) in [6, 6.07) is 0. The van der Waals surface area contributed by atoms with Crippen molar-refractivity contribution in [2.45, 2.75) is 13.8 Å². The van der Waals surface area contributed by atoms with Gasteiger partial charge in [-0.05, 0) is 13.8 Å². The average Bonchev–Trinajstić information content (AvgIpc) is 1.99. The van der Waals surface area contributed by atoms with Crippen molar-refractivity contribution in [3.63, 3.8) is 0 Å². The van der Waals surface area contributed by atoms with Crippen molar-refractivity contribution in [3.8, 4) is 0 Å². The molecule has 0 bridgehead atoms. The van der Waals surface area contributed by atoms with Crippen molar-refractivity contribution in [2.75, 3.05) is 5.43 Å². The highest BCUT2D eigenvalue weighted by atomic mass is 16.1. The molecule has 6 heteroatoms. The number of amides is 1. The molecule has 0 fully saturated rings. The van der Waals surface area contributed by atoms with Gasteiger partial charge in [0.25, 0.3) is 0 Å². The lowest BCUT2D eigenvalue weighted by Crippen LogP contribution is -2.21. The first-order valence-electron chi connectivity index (χ1n) is 3.37. The summed E-state index contributed by atoms with van der Waals surface area (Å²) in [6.45, 7) is 3.50. The van der Waals surface area contributed by atoms with Gasteiger partial charge in [-0.25, -0.2) is 4.98 Å². The van der Waals surface area contributed by atoms with Gasteiger partial charge in [0.2, 0.25) is 12.4 Å². The second-order valence-electron chi connectivity index (χ2n) is 2.14. The summed E-state index contributed by atoms with van der Waals surface area (Å²) < 4.78 is 0. The molecular weight excluding hydrogens is 158 g/mol. The second kappa shape index (κ2) is 3.61. The molecule has 0 unspecified atom stereocenters. The average molecular weight is 167 g/mol. The minimum Gasteiger partial charge on any atom is -0.277 e. The number of aromatic nitrogens is 3. The van der Waals surface area contributed by atoms with Gasteiger partial charge >= 0.3 is 0 Å². The van der Waals surface area contributed by atoms with Crippen LogP contribution in [0.4, 0.5) is 5.95 Å². The minimum absolute atomic E-state index is 0.340. The van der Waals surface area contributed by atoms with E-state index in [-0.39, 0.29) is 0 Å². The molecule has 0 atom stereocenters. The lowest BCUT2D eigenvalue weighted by molar-refractivity contribution is -0.109. The van der Waals surface area contributed by atoms with Crippen molar-refractivity contribution < 1.29 is 4.79 Å². The van der Waals surface area contributed by atoms with Crippen LogP contribution in [0.2, 0.25) is 0 Å². The van der Waals surface area contributed by atoms with Crippen LogP contribution in [0.5, 0.6) is 0 Å². The van der Waals surface area contributed by atoms with Crippen LogP contribution in [0.1, 0.15) is 11.6 Å². The highest BCUT2D eigenvalue weighted by Gasteiger charge is 1.97. The normalized spacial score (nSPS) is 9.17. The van der Waals surface area contributed by atoms with Crippen molar-refractivity contribution in [3.05, 3.63) is 11.6 Å². The van der Waals surface area contributed by atoms with E-state index in [0.29, 0.717) is 24.0 Å². The zero-order valence-electron chi connectivity index (χ0n) is 6.83. The Balaban J connectivity index is 2.78. The minimum atomic E-state index is 0.340. The van der Waals surface area contributed by atoms with E-state index in [0.717, 1.165) is 0 Å². The van der Waals surface area contributed by atoms with Crippen LogP contribution in [-0.4, -0.2) is 21.4 Å². The van der Waals surface area contributed by atoms with E-state index in [1.165, 1.54) is 0 Å². The number of rotatable bonds is 3. The zero-order chi connectivity index (χ0) is 8.97. The van der Waals surface area contributed by atoms with Gasteiger partial charge in [0.15, 0.2) is 0 Å². The molecule has 1 aromatic rings. The number of anilines is 1. The molecule has 64 valence electrons. The van der Waals surface area contributed by atoms with Gasteiger partial charge in [-0.15, -0.1) is 0 Å². The molecule has 0 aliphatic rings. The quantitative estimate of drug-likeness (QED) is 0.471.